The van der Waals surface area contributed by atoms with Crippen molar-refractivity contribution in [2.24, 2.45) is 0 Å². The predicted octanol–water partition coefficient (Wildman–Crippen LogP) is 5.91. The molecule has 2 heterocycles. The highest BCUT2D eigenvalue weighted by atomic mass is 16.5. The van der Waals surface area contributed by atoms with Crippen LogP contribution in [0.15, 0.2) is 91.1 Å². The number of fused-ring (bicyclic) bond motifs is 1. The normalized spacial score (nSPS) is 10.8. The largest absolute Gasteiger partial charge is 0.455 e. The van der Waals surface area contributed by atoms with E-state index in [1.54, 1.807) is 12.3 Å². The van der Waals surface area contributed by atoms with Crippen LogP contribution in [0.25, 0.3) is 22.6 Å². The molecule has 0 fully saturated rings. The average Bonchev–Trinajstić information content (AvgIpc) is 3.27. The molecule has 0 radical (unpaired) electrons. The monoisotopic (exact) mass is 434 g/mol. The second-order valence-corrected chi connectivity index (χ2v) is 7.80. The third-order valence-corrected chi connectivity index (χ3v) is 5.25. The van der Waals surface area contributed by atoms with Crippen molar-refractivity contribution >= 4 is 22.8 Å². The molecular formula is C27H22N4O2. The molecule has 5 aromatic rings. The molecule has 0 aliphatic rings. The second-order valence-electron chi connectivity index (χ2n) is 7.80. The summed E-state index contributed by atoms with van der Waals surface area (Å²) in [7, 11) is 0. The number of nitrogens with zero attached hydrogens (tertiary/aromatic N) is 2. The highest BCUT2D eigenvalue weighted by Gasteiger charge is 2.12. The number of hydrogen-bond donors (Lipinski definition) is 2. The minimum Gasteiger partial charge on any atom is -0.455 e. The van der Waals surface area contributed by atoms with Gasteiger partial charge in [0.05, 0.1) is 6.42 Å². The van der Waals surface area contributed by atoms with Gasteiger partial charge in [-0.2, -0.15) is 0 Å². The summed E-state index contributed by atoms with van der Waals surface area (Å²) in [4.78, 5) is 24.6. The van der Waals surface area contributed by atoms with Crippen molar-refractivity contribution in [2.75, 3.05) is 5.32 Å². The van der Waals surface area contributed by atoms with Gasteiger partial charge in [0.1, 0.15) is 17.1 Å². The van der Waals surface area contributed by atoms with E-state index in [-0.39, 0.29) is 5.91 Å². The molecule has 6 nitrogen and oxygen atoms in total. The smallest absolute Gasteiger partial charge is 0.228 e. The molecule has 6 heteroatoms. The molecule has 0 saturated carbocycles. The molecule has 3 aromatic carbocycles. The highest BCUT2D eigenvalue weighted by molar-refractivity contribution is 5.92. The molecule has 0 aliphatic carbocycles. The number of anilines is 1. The Morgan fingerprint density at radius 1 is 0.939 bits per heavy atom. The summed E-state index contributed by atoms with van der Waals surface area (Å²) in [6.07, 6.45) is 2.01. The molecule has 2 aromatic heterocycles. The number of H-pyrrole nitrogens is 1. The SMILES string of the molecule is Cc1ccc(-c2nc3nccc(Oc4ccc(NC(=O)Cc5ccccc5)cc4)c3[nH]2)cc1. The van der Waals surface area contributed by atoms with Crippen LogP contribution in [0.5, 0.6) is 11.5 Å². The van der Waals surface area contributed by atoms with Crippen molar-refractivity contribution in [3.63, 3.8) is 0 Å². The van der Waals surface area contributed by atoms with Gasteiger partial charge in [0, 0.05) is 23.5 Å². The third kappa shape index (κ3) is 4.75. The maximum atomic E-state index is 12.3. The number of pyridine rings is 1. The van der Waals surface area contributed by atoms with Crippen molar-refractivity contribution in [3.05, 3.63) is 102 Å². The summed E-state index contributed by atoms with van der Waals surface area (Å²) in [5.41, 5.74) is 5.19. The molecule has 0 aliphatic heterocycles. The molecule has 1 amide bonds. The number of hydrogen-bond acceptors (Lipinski definition) is 4. The number of rotatable bonds is 6. The zero-order valence-corrected chi connectivity index (χ0v) is 18.1. The van der Waals surface area contributed by atoms with Gasteiger partial charge in [-0.25, -0.2) is 9.97 Å². The van der Waals surface area contributed by atoms with E-state index in [0.717, 1.165) is 22.5 Å². The molecule has 5 rings (SSSR count). The number of imidazole rings is 1. The van der Waals surface area contributed by atoms with Crippen LogP contribution >= 0.6 is 0 Å². The van der Waals surface area contributed by atoms with Crippen molar-refractivity contribution in [1.29, 1.82) is 0 Å². The molecule has 2 N–H and O–H groups in total. The first kappa shape index (κ1) is 20.5. The predicted molar refractivity (Wildman–Crippen MR) is 129 cm³/mol. The number of nitrogens with one attached hydrogen (secondary N) is 2. The van der Waals surface area contributed by atoms with Gasteiger partial charge in [0.2, 0.25) is 5.91 Å². The van der Waals surface area contributed by atoms with Gasteiger partial charge in [0.15, 0.2) is 11.4 Å². The number of ether oxygens (including phenoxy) is 1. The minimum absolute atomic E-state index is 0.0631. The number of aromatic nitrogens is 3. The fourth-order valence-electron chi connectivity index (χ4n) is 3.54. The number of amides is 1. The lowest BCUT2D eigenvalue weighted by molar-refractivity contribution is -0.115. The Balaban J connectivity index is 1.30. The van der Waals surface area contributed by atoms with Crippen molar-refractivity contribution < 1.29 is 9.53 Å². The number of aryl methyl sites for hydroxylation is 1. The van der Waals surface area contributed by atoms with E-state index in [2.05, 4.69) is 27.2 Å². The Morgan fingerprint density at radius 3 is 2.45 bits per heavy atom. The van der Waals surface area contributed by atoms with Crippen molar-refractivity contribution in [3.8, 4) is 22.9 Å². The second kappa shape index (κ2) is 8.96. The Bertz CT molecular complexity index is 1390. The van der Waals surface area contributed by atoms with Crippen LogP contribution < -0.4 is 10.1 Å². The quantitative estimate of drug-likeness (QED) is 0.348. The summed E-state index contributed by atoms with van der Waals surface area (Å²) in [6, 6.07) is 26.9. The van der Waals surface area contributed by atoms with E-state index in [4.69, 9.17) is 4.74 Å². The van der Waals surface area contributed by atoms with E-state index in [9.17, 15) is 4.79 Å². The van der Waals surface area contributed by atoms with Gasteiger partial charge < -0.3 is 15.0 Å². The summed E-state index contributed by atoms with van der Waals surface area (Å²) in [5, 5.41) is 2.92. The van der Waals surface area contributed by atoms with Gasteiger partial charge in [-0.3, -0.25) is 4.79 Å². The number of benzene rings is 3. The molecule has 0 saturated heterocycles. The fraction of sp³-hybridized carbons (Fsp3) is 0.0741. The van der Waals surface area contributed by atoms with Crippen LogP contribution in [0.1, 0.15) is 11.1 Å². The van der Waals surface area contributed by atoms with E-state index >= 15 is 0 Å². The maximum Gasteiger partial charge on any atom is 0.228 e. The molecule has 0 bridgehead atoms. The van der Waals surface area contributed by atoms with Crippen molar-refractivity contribution in [1.82, 2.24) is 15.0 Å². The summed E-state index contributed by atoms with van der Waals surface area (Å²) in [6.45, 7) is 2.05. The highest BCUT2D eigenvalue weighted by Crippen LogP contribution is 2.30. The first-order chi connectivity index (χ1) is 16.1. The van der Waals surface area contributed by atoms with Gasteiger partial charge in [-0.05, 0) is 36.8 Å². The van der Waals surface area contributed by atoms with Gasteiger partial charge in [-0.1, -0.05) is 60.2 Å². The third-order valence-electron chi connectivity index (χ3n) is 5.25. The number of aromatic amines is 1. The number of carbonyl (C=O) groups excluding carboxylic acids is 1. The van der Waals surface area contributed by atoms with Crippen molar-refractivity contribution in [2.45, 2.75) is 13.3 Å². The van der Waals surface area contributed by atoms with E-state index in [1.807, 2.05) is 78.9 Å². The molecule has 33 heavy (non-hydrogen) atoms. The Morgan fingerprint density at radius 2 is 1.70 bits per heavy atom. The molecule has 0 atom stereocenters. The first-order valence-electron chi connectivity index (χ1n) is 10.7. The fourth-order valence-corrected chi connectivity index (χ4v) is 3.54. The molecule has 162 valence electrons. The number of carbonyl (C=O) groups is 1. The average molecular weight is 434 g/mol. The van der Waals surface area contributed by atoms with E-state index < -0.39 is 0 Å². The van der Waals surface area contributed by atoms with Crippen LogP contribution in [-0.4, -0.2) is 20.9 Å². The Hall–Kier alpha value is -4.45. The lowest BCUT2D eigenvalue weighted by Crippen LogP contribution is -2.14. The van der Waals surface area contributed by atoms with Gasteiger partial charge in [-0.15, -0.1) is 0 Å². The van der Waals surface area contributed by atoms with E-state index in [0.29, 0.717) is 29.3 Å². The zero-order valence-electron chi connectivity index (χ0n) is 18.1. The topological polar surface area (TPSA) is 79.9 Å². The van der Waals surface area contributed by atoms with Crippen LogP contribution in [0, 0.1) is 6.92 Å². The summed E-state index contributed by atoms with van der Waals surface area (Å²) >= 11 is 0. The summed E-state index contributed by atoms with van der Waals surface area (Å²) < 4.78 is 6.09. The van der Waals surface area contributed by atoms with Crippen LogP contribution in [0.3, 0.4) is 0 Å². The van der Waals surface area contributed by atoms with Crippen LogP contribution in [0.2, 0.25) is 0 Å². The zero-order chi connectivity index (χ0) is 22.6. The summed E-state index contributed by atoms with van der Waals surface area (Å²) in [5.74, 6) is 1.96. The van der Waals surface area contributed by atoms with Crippen LogP contribution in [0.4, 0.5) is 5.69 Å². The van der Waals surface area contributed by atoms with E-state index in [1.165, 1.54) is 5.56 Å². The first-order valence-corrected chi connectivity index (χ1v) is 10.7. The minimum atomic E-state index is -0.0631. The Kier molecular flexibility index (Phi) is 5.55. The lowest BCUT2D eigenvalue weighted by Gasteiger charge is -2.09. The molecular weight excluding hydrogens is 412 g/mol. The van der Waals surface area contributed by atoms with Gasteiger partial charge >= 0.3 is 0 Å². The Labute approximate surface area is 191 Å². The lowest BCUT2D eigenvalue weighted by atomic mass is 10.1. The van der Waals surface area contributed by atoms with Crippen LogP contribution in [-0.2, 0) is 11.2 Å². The van der Waals surface area contributed by atoms with Gasteiger partial charge in [0.25, 0.3) is 0 Å². The molecule has 0 unspecified atom stereocenters. The maximum absolute atomic E-state index is 12.3. The standard InChI is InChI=1S/C27H22N4O2/c1-18-7-9-20(10-8-18)26-30-25-23(15-16-28-27(25)31-26)33-22-13-11-21(12-14-22)29-24(32)17-19-5-3-2-4-6-19/h2-16H,17H2,1H3,(H,29,32)(H,28,30,31). The molecule has 0 spiro atoms.